The van der Waals surface area contributed by atoms with E-state index in [0.29, 0.717) is 16.3 Å². The zero-order valence-corrected chi connectivity index (χ0v) is 11.8. The van der Waals surface area contributed by atoms with Crippen molar-refractivity contribution in [1.82, 2.24) is 0 Å². The van der Waals surface area contributed by atoms with Crippen molar-refractivity contribution in [1.29, 1.82) is 5.26 Å². The molecule has 0 spiro atoms. The highest BCUT2D eigenvalue weighted by Gasteiger charge is 2.20. The Bertz CT molecular complexity index is 634. The molecule has 0 amide bonds. The number of halogens is 1. The van der Waals surface area contributed by atoms with Gasteiger partial charge in [0.25, 0.3) is 0 Å². The van der Waals surface area contributed by atoms with Crippen LogP contribution in [0.2, 0.25) is 5.02 Å². The van der Waals surface area contributed by atoms with Crippen LogP contribution in [0.4, 0.5) is 0 Å². The van der Waals surface area contributed by atoms with E-state index in [4.69, 9.17) is 27.3 Å². The fourth-order valence-electron chi connectivity index (χ4n) is 1.95. The SMILES string of the molecule is CC(N)C(Oc1cccc(C#N)c1)c1ccccc1Cl. The van der Waals surface area contributed by atoms with Crippen molar-refractivity contribution >= 4 is 11.6 Å². The summed E-state index contributed by atoms with van der Waals surface area (Å²) in [5.41, 5.74) is 7.39. The second-order valence-electron chi connectivity index (χ2n) is 4.56. The Morgan fingerprint density at radius 1 is 1.20 bits per heavy atom. The third-order valence-corrected chi connectivity index (χ3v) is 3.26. The van der Waals surface area contributed by atoms with Gasteiger partial charge < -0.3 is 10.5 Å². The minimum atomic E-state index is -0.363. The lowest BCUT2D eigenvalue weighted by Gasteiger charge is -2.24. The number of hydrogen-bond donors (Lipinski definition) is 1. The summed E-state index contributed by atoms with van der Waals surface area (Å²) in [5, 5.41) is 9.53. The van der Waals surface area contributed by atoms with Crippen LogP contribution in [0.1, 0.15) is 24.2 Å². The maximum Gasteiger partial charge on any atom is 0.140 e. The van der Waals surface area contributed by atoms with Crippen molar-refractivity contribution < 1.29 is 4.74 Å². The van der Waals surface area contributed by atoms with Crippen molar-refractivity contribution in [2.24, 2.45) is 5.73 Å². The van der Waals surface area contributed by atoms with E-state index >= 15 is 0 Å². The second kappa shape index (κ2) is 6.42. The summed E-state index contributed by atoms with van der Waals surface area (Å²) >= 11 is 6.20. The predicted molar refractivity (Wildman–Crippen MR) is 79.6 cm³/mol. The molecule has 0 aromatic heterocycles. The number of nitrogens with two attached hydrogens (primary N) is 1. The van der Waals surface area contributed by atoms with Gasteiger partial charge in [-0.3, -0.25) is 0 Å². The summed E-state index contributed by atoms with van der Waals surface area (Å²) in [6.45, 7) is 1.86. The molecule has 0 radical (unpaired) electrons. The van der Waals surface area contributed by atoms with Gasteiger partial charge in [-0.15, -0.1) is 0 Å². The molecule has 0 saturated heterocycles. The molecule has 3 nitrogen and oxygen atoms in total. The quantitative estimate of drug-likeness (QED) is 0.933. The third kappa shape index (κ3) is 3.30. The normalized spacial score (nSPS) is 13.3. The van der Waals surface area contributed by atoms with Crippen molar-refractivity contribution in [3.63, 3.8) is 0 Å². The summed E-state index contributed by atoms with van der Waals surface area (Å²) in [6, 6.07) is 16.3. The molecule has 102 valence electrons. The molecule has 0 aliphatic heterocycles. The first-order valence-corrected chi connectivity index (χ1v) is 6.66. The van der Waals surface area contributed by atoms with E-state index in [2.05, 4.69) is 6.07 Å². The van der Waals surface area contributed by atoms with E-state index in [0.717, 1.165) is 5.56 Å². The van der Waals surface area contributed by atoms with Gasteiger partial charge in [-0.1, -0.05) is 35.9 Å². The molecule has 2 unspecified atom stereocenters. The summed E-state index contributed by atoms with van der Waals surface area (Å²) in [5.74, 6) is 0.603. The van der Waals surface area contributed by atoms with Crippen molar-refractivity contribution in [3.8, 4) is 11.8 Å². The highest BCUT2D eigenvalue weighted by atomic mass is 35.5. The van der Waals surface area contributed by atoms with Crippen molar-refractivity contribution in [2.45, 2.75) is 19.1 Å². The Balaban J connectivity index is 2.31. The molecule has 0 saturated carbocycles. The Labute approximate surface area is 123 Å². The summed E-state index contributed by atoms with van der Waals surface area (Å²) in [6.07, 6.45) is -0.363. The first kappa shape index (κ1) is 14.4. The van der Waals surface area contributed by atoms with Crippen LogP contribution in [0.15, 0.2) is 48.5 Å². The maximum absolute atomic E-state index is 8.92. The van der Waals surface area contributed by atoms with Crippen LogP contribution in [0, 0.1) is 11.3 Å². The lowest BCUT2D eigenvalue weighted by molar-refractivity contribution is 0.180. The molecule has 0 fully saturated rings. The van der Waals surface area contributed by atoms with Crippen LogP contribution >= 0.6 is 11.6 Å². The van der Waals surface area contributed by atoms with Gasteiger partial charge in [0.1, 0.15) is 11.9 Å². The molecule has 2 atom stereocenters. The van der Waals surface area contributed by atoms with Gasteiger partial charge in [-0.25, -0.2) is 0 Å². The Kier molecular flexibility index (Phi) is 4.62. The average Bonchev–Trinajstić information content (AvgIpc) is 2.45. The summed E-state index contributed by atoms with van der Waals surface area (Å²) in [4.78, 5) is 0. The predicted octanol–water partition coefficient (Wildman–Crippen LogP) is 3.68. The lowest BCUT2D eigenvalue weighted by atomic mass is 10.0. The molecular formula is C16H15ClN2O. The molecule has 0 aliphatic rings. The maximum atomic E-state index is 8.92. The molecule has 2 aromatic carbocycles. The minimum absolute atomic E-state index is 0.236. The summed E-state index contributed by atoms with van der Waals surface area (Å²) < 4.78 is 5.92. The lowest BCUT2D eigenvalue weighted by Crippen LogP contribution is -2.29. The van der Waals surface area contributed by atoms with Crippen LogP contribution in [0.5, 0.6) is 5.75 Å². The number of benzene rings is 2. The molecule has 2 rings (SSSR count). The van der Waals surface area contributed by atoms with Crippen LogP contribution < -0.4 is 10.5 Å². The first-order chi connectivity index (χ1) is 9.61. The second-order valence-corrected chi connectivity index (χ2v) is 4.97. The largest absolute Gasteiger partial charge is 0.484 e. The van der Waals surface area contributed by atoms with Crippen LogP contribution in [-0.2, 0) is 0 Å². The molecular weight excluding hydrogens is 272 g/mol. The van der Waals surface area contributed by atoms with E-state index in [9.17, 15) is 0 Å². The smallest absolute Gasteiger partial charge is 0.140 e. The van der Waals surface area contributed by atoms with Gasteiger partial charge >= 0.3 is 0 Å². The Hall–Kier alpha value is -2.02. The van der Waals surface area contributed by atoms with E-state index in [1.54, 1.807) is 30.3 Å². The Morgan fingerprint density at radius 2 is 1.95 bits per heavy atom. The van der Waals surface area contributed by atoms with Gasteiger partial charge in [-0.2, -0.15) is 5.26 Å². The van der Waals surface area contributed by atoms with E-state index in [-0.39, 0.29) is 12.1 Å². The van der Waals surface area contributed by atoms with Crippen molar-refractivity contribution in [3.05, 3.63) is 64.7 Å². The van der Waals surface area contributed by atoms with Gasteiger partial charge in [-0.05, 0) is 31.2 Å². The average molecular weight is 287 g/mol. The van der Waals surface area contributed by atoms with Gasteiger partial charge in [0, 0.05) is 16.6 Å². The molecule has 0 heterocycles. The standard InChI is InChI=1S/C16H15ClN2O/c1-11(19)16(14-7-2-3-8-15(14)17)20-13-6-4-5-12(9-13)10-18/h2-9,11,16H,19H2,1H3. The number of nitriles is 1. The highest BCUT2D eigenvalue weighted by molar-refractivity contribution is 6.31. The van der Waals surface area contributed by atoms with Gasteiger partial charge in [0.05, 0.1) is 11.6 Å². The number of nitrogens with zero attached hydrogens (tertiary/aromatic N) is 1. The number of ether oxygens (including phenoxy) is 1. The van der Waals surface area contributed by atoms with Crippen LogP contribution in [0.3, 0.4) is 0 Å². The molecule has 20 heavy (non-hydrogen) atoms. The fraction of sp³-hybridized carbons (Fsp3) is 0.188. The monoisotopic (exact) mass is 286 g/mol. The minimum Gasteiger partial charge on any atom is -0.484 e. The van der Waals surface area contributed by atoms with Crippen molar-refractivity contribution in [2.75, 3.05) is 0 Å². The molecule has 2 N–H and O–H groups in total. The van der Waals surface area contributed by atoms with E-state index in [1.165, 1.54) is 0 Å². The summed E-state index contributed by atoms with van der Waals surface area (Å²) in [7, 11) is 0. The molecule has 0 aliphatic carbocycles. The Morgan fingerprint density at radius 3 is 2.60 bits per heavy atom. The topological polar surface area (TPSA) is 59.0 Å². The van der Waals surface area contributed by atoms with Gasteiger partial charge in [0.2, 0.25) is 0 Å². The van der Waals surface area contributed by atoms with E-state index in [1.807, 2.05) is 25.1 Å². The molecule has 0 bridgehead atoms. The molecule has 4 heteroatoms. The van der Waals surface area contributed by atoms with Gasteiger partial charge in [0.15, 0.2) is 0 Å². The number of rotatable bonds is 4. The fourth-order valence-corrected chi connectivity index (χ4v) is 2.19. The van der Waals surface area contributed by atoms with E-state index < -0.39 is 0 Å². The first-order valence-electron chi connectivity index (χ1n) is 6.28. The molecule has 2 aromatic rings. The zero-order chi connectivity index (χ0) is 14.5. The highest BCUT2D eigenvalue weighted by Crippen LogP contribution is 2.29. The van der Waals surface area contributed by atoms with Crippen LogP contribution in [0.25, 0.3) is 0 Å². The number of hydrogen-bond acceptors (Lipinski definition) is 3. The third-order valence-electron chi connectivity index (χ3n) is 2.92. The van der Waals surface area contributed by atoms with Crippen LogP contribution in [-0.4, -0.2) is 6.04 Å². The zero-order valence-electron chi connectivity index (χ0n) is 11.1.